The van der Waals surface area contributed by atoms with Crippen LogP contribution in [0.5, 0.6) is 5.75 Å². The minimum absolute atomic E-state index is 0. The molecule has 0 aromatic heterocycles. The van der Waals surface area contributed by atoms with Crippen molar-refractivity contribution in [3.63, 3.8) is 0 Å². The Labute approximate surface area is 133 Å². The Balaban J connectivity index is 0.00000200. The van der Waals surface area contributed by atoms with Gasteiger partial charge in [0.15, 0.2) is 0 Å². The highest BCUT2D eigenvalue weighted by Crippen LogP contribution is 2.31. The van der Waals surface area contributed by atoms with Crippen LogP contribution in [0.2, 0.25) is 5.02 Å². The van der Waals surface area contributed by atoms with E-state index in [1.807, 2.05) is 19.9 Å². The largest absolute Gasteiger partial charge is 0.490 e. The van der Waals surface area contributed by atoms with Crippen LogP contribution in [-0.2, 0) is 0 Å². The average Bonchev–Trinajstić information content (AvgIpc) is 2.40. The molecule has 5 heteroatoms. The lowest BCUT2D eigenvalue weighted by molar-refractivity contribution is 0.133. The Morgan fingerprint density at radius 1 is 1.10 bits per heavy atom. The van der Waals surface area contributed by atoms with Gasteiger partial charge in [-0.15, -0.1) is 12.4 Å². The number of hydrogen-bond donors (Lipinski definition) is 0. The molecule has 0 N–H and O–H groups in total. The van der Waals surface area contributed by atoms with Crippen LogP contribution in [0.25, 0.3) is 0 Å². The van der Waals surface area contributed by atoms with Crippen molar-refractivity contribution in [2.24, 2.45) is 0 Å². The van der Waals surface area contributed by atoms with E-state index in [1.165, 1.54) is 0 Å². The van der Waals surface area contributed by atoms with Gasteiger partial charge in [-0.25, -0.2) is 0 Å². The van der Waals surface area contributed by atoms with E-state index in [1.54, 1.807) is 0 Å². The van der Waals surface area contributed by atoms with Gasteiger partial charge in [0.25, 0.3) is 0 Å². The van der Waals surface area contributed by atoms with Crippen molar-refractivity contribution in [1.29, 1.82) is 0 Å². The van der Waals surface area contributed by atoms with Crippen LogP contribution >= 0.6 is 24.0 Å². The molecule has 1 aromatic carbocycles. The Bertz CT molecular complexity index is 432. The van der Waals surface area contributed by atoms with Crippen LogP contribution < -0.4 is 4.74 Å². The fourth-order valence-corrected chi connectivity index (χ4v) is 2.54. The number of piperazine rings is 1. The molecule has 0 saturated carbocycles. The van der Waals surface area contributed by atoms with E-state index in [0.717, 1.165) is 54.6 Å². The molecule has 2 rings (SSSR count). The molecule has 0 bridgehead atoms. The van der Waals surface area contributed by atoms with Crippen LogP contribution in [-0.4, -0.2) is 56.2 Å². The summed E-state index contributed by atoms with van der Waals surface area (Å²) in [5.41, 5.74) is 2.18. The Morgan fingerprint density at radius 2 is 1.70 bits per heavy atom. The highest BCUT2D eigenvalue weighted by Gasteiger charge is 2.14. The summed E-state index contributed by atoms with van der Waals surface area (Å²) in [4.78, 5) is 4.80. The zero-order chi connectivity index (χ0) is 13.8. The summed E-state index contributed by atoms with van der Waals surface area (Å²) in [6, 6.07) is 4.09. The SMILES string of the molecule is Cc1ccc(C)c(OCCN2CCN(C)CC2)c1Cl.Cl. The molecule has 3 nitrogen and oxygen atoms in total. The lowest BCUT2D eigenvalue weighted by Crippen LogP contribution is -2.45. The minimum Gasteiger partial charge on any atom is -0.490 e. The zero-order valence-corrected chi connectivity index (χ0v) is 14.1. The number of hydrogen-bond acceptors (Lipinski definition) is 3. The molecular weight excluding hydrogens is 295 g/mol. The molecule has 0 spiro atoms. The molecule has 1 saturated heterocycles. The second kappa shape index (κ2) is 8.08. The summed E-state index contributed by atoms with van der Waals surface area (Å²) in [6.45, 7) is 10.3. The lowest BCUT2D eigenvalue weighted by atomic mass is 10.1. The van der Waals surface area contributed by atoms with Crippen molar-refractivity contribution < 1.29 is 4.74 Å². The summed E-state index contributed by atoms with van der Waals surface area (Å²) >= 11 is 6.29. The number of ether oxygens (including phenoxy) is 1. The molecular formula is C15H24Cl2N2O. The monoisotopic (exact) mass is 318 g/mol. The van der Waals surface area contributed by atoms with E-state index >= 15 is 0 Å². The standard InChI is InChI=1S/C15H23ClN2O.ClH/c1-12-4-5-13(2)15(14(12)16)19-11-10-18-8-6-17(3)7-9-18;/h4-5H,6-11H2,1-3H3;1H. The van der Waals surface area contributed by atoms with E-state index in [0.29, 0.717) is 6.61 Å². The van der Waals surface area contributed by atoms with Crippen LogP contribution in [0.1, 0.15) is 11.1 Å². The van der Waals surface area contributed by atoms with Gasteiger partial charge in [-0.2, -0.15) is 0 Å². The maximum Gasteiger partial charge on any atom is 0.141 e. The number of halogens is 2. The molecule has 1 heterocycles. The highest BCUT2D eigenvalue weighted by molar-refractivity contribution is 6.32. The van der Waals surface area contributed by atoms with Gasteiger partial charge in [-0.05, 0) is 32.0 Å². The smallest absolute Gasteiger partial charge is 0.141 e. The third-order valence-electron chi connectivity index (χ3n) is 3.74. The molecule has 0 unspecified atom stereocenters. The summed E-state index contributed by atoms with van der Waals surface area (Å²) in [5.74, 6) is 0.843. The van der Waals surface area contributed by atoms with E-state index < -0.39 is 0 Å². The van der Waals surface area contributed by atoms with Gasteiger partial charge in [0, 0.05) is 32.7 Å². The molecule has 0 amide bonds. The van der Waals surface area contributed by atoms with Crippen molar-refractivity contribution in [3.8, 4) is 5.75 Å². The van der Waals surface area contributed by atoms with Crippen LogP contribution in [0, 0.1) is 13.8 Å². The van der Waals surface area contributed by atoms with Gasteiger partial charge in [-0.1, -0.05) is 23.7 Å². The summed E-state index contributed by atoms with van der Waals surface area (Å²) < 4.78 is 5.89. The Hall–Kier alpha value is -0.480. The molecule has 114 valence electrons. The summed E-state index contributed by atoms with van der Waals surface area (Å²) in [5, 5.41) is 0.748. The van der Waals surface area contributed by atoms with Gasteiger partial charge < -0.3 is 9.64 Å². The summed E-state index contributed by atoms with van der Waals surface area (Å²) in [7, 11) is 2.17. The predicted octanol–water partition coefficient (Wildman–Crippen LogP) is 3.00. The number of nitrogens with zero attached hydrogens (tertiary/aromatic N) is 2. The van der Waals surface area contributed by atoms with Gasteiger partial charge >= 0.3 is 0 Å². The molecule has 20 heavy (non-hydrogen) atoms. The Kier molecular flexibility index (Phi) is 7.10. The van der Waals surface area contributed by atoms with E-state index in [9.17, 15) is 0 Å². The van der Waals surface area contributed by atoms with Crippen LogP contribution in [0.3, 0.4) is 0 Å². The third kappa shape index (κ3) is 4.52. The first-order valence-corrected chi connectivity index (χ1v) is 7.25. The Morgan fingerprint density at radius 3 is 2.35 bits per heavy atom. The fourth-order valence-electron chi connectivity index (χ4n) is 2.28. The number of aryl methyl sites for hydroxylation is 2. The van der Waals surface area contributed by atoms with Crippen molar-refractivity contribution in [2.75, 3.05) is 46.4 Å². The first kappa shape index (κ1) is 17.6. The quantitative estimate of drug-likeness (QED) is 0.848. The third-order valence-corrected chi connectivity index (χ3v) is 4.21. The zero-order valence-electron chi connectivity index (χ0n) is 12.5. The maximum atomic E-state index is 6.29. The molecule has 1 fully saturated rings. The highest BCUT2D eigenvalue weighted by atomic mass is 35.5. The predicted molar refractivity (Wildman–Crippen MR) is 87.6 cm³/mol. The van der Waals surface area contributed by atoms with E-state index in [2.05, 4.69) is 22.9 Å². The molecule has 1 aromatic rings. The van der Waals surface area contributed by atoms with E-state index in [4.69, 9.17) is 16.3 Å². The normalized spacial score (nSPS) is 16.8. The molecule has 0 atom stereocenters. The molecule has 0 radical (unpaired) electrons. The molecule has 1 aliphatic heterocycles. The van der Waals surface area contributed by atoms with Crippen molar-refractivity contribution in [2.45, 2.75) is 13.8 Å². The van der Waals surface area contributed by atoms with Gasteiger partial charge in [0.05, 0.1) is 5.02 Å². The van der Waals surface area contributed by atoms with Crippen LogP contribution in [0.4, 0.5) is 0 Å². The average molecular weight is 319 g/mol. The lowest BCUT2D eigenvalue weighted by Gasteiger charge is -2.32. The van der Waals surface area contributed by atoms with Crippen molar-refractivity contribution in [1.82, 2.24) is 9.80 Å². The molecule has 1 aliphatic rings. The second-order valence-electron chi connectivity index (χ2n) is 5.34. The second-order valence-corrected chi connectivity index (χ2v) is 5.71. The maximum absolute atomic E-state index is 6.29. The number of likely N-dealkylation sites (N-methyl/N-ethyl adjacent to an activating group) is 1. The van der Waals surface area contributed by atoms with Crippen molar-refractivity contribution in [3.05, 3.63) is 28.3 Å². The van der Waals surface area contributed by atoms with Crippen molar-refractivity contribution >= 4 is 24.0 Å². The topological polar surface area (TPSA) is 15.7 Å². The first-order valence-electron chi connectivity index (χ1n) is 6.87. The van der Waals surface area contributed by atoms with Crippen LogP contribution in [0.15, 0.2) is 12.1 Å². The van der Waals surface area contributed by atoms with Gasteiger partial charge in [0.2, 0.25) is 0 Å². The summed E-state index contributed by atoms with van der Waals surface area (Å²) in [6.07, 6.45) is 0. The fraction of sp³-hybridized carbons (Fsp3) is 0.600. The first-order chi connectivity index (χ1) is 9.08. The molecule has 0 aliphatic carbocycles. The number of rotatable bonds is 4. The van der Waals surface area contributed by atoms with Gasteiger partial charge in [-0.3, -0.25) is 4.90 Å². The van der Waals surface area contributed by atoms with Gasteiger partial charge in [0.1, 0.15) is 12.4 Å². The number of benzene rings is 1. The minimum atomic E-state index is 0. The van der Waals surface area contributed by atoms with E-state index in [-0.39, 0.29) is 12.4 Å².